The Bertz CT molecular complexity index is 923. The Morgan fingerprint density at radius 1 is 1.08 bits per heavy atom. The average molecular weight is 520 g/mol. The molecule has 1 aliphatic rings. The fraction of sp³-hybridized carbons (Fsp3) is 0.577. The molecule has 1 aliphatic heterocycles. The molecule has 1 unspecified atom stereocenters. The molecule has 0 aromatic heterocycles. The highest BCUT2D eigenvalue weighted by Gasteiger charge is 2.34. The van der Waals surface area contributed by atoms with E-state index in [1.54, 1.807) is 6.07 Å². The summed E-state index contributed by atoms with van der Waals surface area (Å²) in [6.07, 6.45) is 8.96. The smallest absolute Gasteiger partial charge is 0.337 e. The third kappa shape index (κ3) is 9.56. The van der Waals surface area contributed by atoms with Gasteiger partial charge in [0.1, 0.15) is 6.04 Å². The van der Waals surface area contributed by atoms with Gasteiger partial charge in [0.2, 0.25) is 5.91 Å². The van der Waals surface area contributed by atoms with Crippen molar-refractivity contribution in [2.24, 2.45) is 0 Å². The van der Waals surface area contributed by atoms with Crippen LogP contribution >= 0.6 is 12.2 Å². The van der Waals surface area contributed by atoms with Gasteiger partial charge in [0, 0.05) is 18.7 Å². The van der Waals surface area contributed by atoms with Crippen molar-refractivity contribution in [2.45, 2.75) is 70.8 Å². The SMILES string of the molecule is CCCCCCCCCCOC(=O)CC1C(=O)NCCN1C(=S)NC(=O)c1cccc(C(=O)OC)c1. The molecule has 1 aromatic carbocycles. The number of rotatable bonds is 13. The van der Waals surface area contributed by atoms with Crippen LogP contribution in [0.4, 0.5) is 0 Å². The lowest BCUT2D eigenvalue weighted by atomic mass is 10.1. The molecule has 1 atom stereocenters. The van der Waals surface area contributed by atoms with Gasteiger partial charge in [-0.3, -0.25) is 19.7 Å². The summed E-state index contributed by atoms with van der Waals surface area (Å²) in [6, 6.07) is 5.15. The summed E-state index contributed by atoms with van der Waals surface area (Å²) in [6.45, 7) is 3.18. The number of methoxy groups -OCH3 is 1. The van der Waals surface area contributed by atoms with Crippen LogP contribution in [0.5, 0.6) is 0 Å². The largest absolute Gasteiger partial charge is 0.466 e. The van der Waals surface area contributed by atoms with Gasteiger partial charge in [0.05, 0.1) is 25.7 Å². The van der Waals surface area contributed by atoms with Gasteiger partial charge >= 0.3 is 11.9 Å². The third-order valence-electron chi connectivity index (χ3n) is 5.98. The first-order valence-electron chi connectivity index (χ1n) is 12.6. The van der Waals surface area contributed by atoms with E-state index in [9.17, 15) is 19.2 Å². The zero-order valence-electron chi connectivity index (χ0n) is 21.2. The monoisotopic (exact) mass is 519 g/mol. The molecular weight excluding hydrogens is 482 g/mol. The van der Waals surface area contributed by atoms with Gasteiger partial charge < -0.3 is 19.7 Å². The van der Waals surface area contributed by atoms with Crippen molar-refractivity contribution in [1.82, 2.24) is 15.5 Å². The van der Waals surface area contributed by atoms with Crippen molar-refractivity contribution in [3.63, 3.8) is 0 Å². The molecule has 9 nitrogen and oxygen atoms in total. The number of unbranched alkanes of at least 4 members (excludes halogenated alkanes) is 7. The molecule has 2 rings (SSSR count). The second-order valence-electron chi connectivity index (χ2n) is 8.73. The Kier molecular flexibility index (Phi) is 12.9. The van der Waals surface area contributed by atoms with Crippen LogP contribution in [0.2, 0.25) is 0 Å². The molecule has 198 valence electrons. The maximum atomic E-state index is 12.7. The van der Waals surface area contributed by atoms with E-state index in [2.05, 4.69) is 22.3 Å². The number of thiocarbonyl (C=S) groups is 1. The number of hydrogen-bond acceptors (Lipinski definition) is 7. The van der Waals surface area contributed by atoms with Gasteiger partial charge in [-0.2, -0.15) is 0 Å². The highest BCUT2D eigenvalue weighted by Crippen LogP contribution is 2.13. The Labute approximate surface area is 218 Å². The number of carbonyl (C=O) groups excluding carboxylic acids is 4. The molecule has 0 aliphatic carbocycles. The summed E-state index contributed by atoms with van der Waals surface area (Å²) >= 11 is 5.38. The first-order valence-corrected chi connectivity index (χ1v) is 13.0. The van der Waals surface area contributed by atoms with Crippen LogP contribution < -0.4 is 10.6 Å². The van der Waals surface area contributed by atoms with Gasteiger partial charge in [0.15, 0.2) is 5.11 Å². The highest BCUT2D eigenvalue weighted by molar-refractivity contribution is 7.80. The van der Waals surface area contributed by atoms with E-state index in [-0.39, 0.29) is 28.6 Å². The number of nitrogens with zero attached hydrogens (tertiary/aromatic N) is 1. The normalized spacial score (nSPS) is 15.1. The fourth-order valence-corrected chi connectivity index (χ4v) is 4.26. The molecule has 1 heterocycles. The quantitative estimate of drug-likeness (QED) is 0.232. The minimum absolute atomic E-state index is 0.0270. The van der Waals surface area contributed by atoms with E-state index in [1.807, 2.05) is 0 Å². The molecule has 2 N–H and O–H groups in total. The number of benzene rings is 1. The summed E-state index contributed by atoms with van der Waals surface area (Å²) < 4.78 is 10.0. The van der Waals surface area contributed by atoms with E-state index in [0.717, 1.165) is 19.3 Å². The first-order chi connectivity index (χ1) is 17.4. The molecule has 1 aromatic rings. The number of piperazine rings is 1. The third-order valence-corrected chi connectivity index (χ3v) is 6.32. The van der Waals surface area contributed by atoms with Gasteiger partial charge in [-0.05, 0) is 36.8 Å². The molecule has 0 radical (unpaired) electrons. The Hall–Kier alpha value is -3.01. The van der Waals surface area contributed by atoms with E-state index < -0.39 is 23.9 Å². The summed E-state index contributed by atoms with van der Waals surface area (Å²) in [5.74, 6) is -1.93. The Balaban J connectivity index is 1.84. The number of nitrogens with one attached hydrogen (secondary N) is 2. The van der Waals surface area contributed by atoms with Gasteiger partial charge in [0.25, 0.3) is 5.91 Å². The lowest BCUT2D eigenvalue weighted by molar-refractivity contribution is -0.147. The van der Waals surface area contributed by atoms with Gasteiger partial charge in [-0.25, -0.2) is 4.79 Å². The molecule has 2 amide bonds. The zero-order valence-corrected chi connectivity index (χ0v) is 22.0. The minimum atomic E-state index is -0.876. The molecule has 0 bridgehead atoms. The molecule has 0 spiro atoms. The topological polar surface area (TPSA) is 114 Å². The van der Waals surface area contributed by atoms with E-state index in [4.69, 9.17) is 17.0 Å². The second kappa shape index (κ2) is 15.9. The fourth-order valence-electron chi connectivity index (χ4n) is 3.95. The molecule has 10 heteroatoms. The highest BCUT2D eigenvalue weighted by atomic mass is 32.1. The lowest BCUT2D eigenvalue weighted by Gasteiger charge is -2.36. The number of carbonyl (C=O) groups is 4. The van der Waals surface area contributed by atoms with Crippen LogP contribution in [-0.2, 0) is 19.1 Å². The van der Waals surface area contributed by atoms with Gasteiger partial charge in [-0.1, -0.05) is 57.9 Å². The van der Waals surface area contributed by atoms with Crippen LogP contribution in [-0.4, -0.2) is 66.6 Å². The van der Waals surface area contributed by atoms with Crippen LogP contribution in [0.3, 0.4) is 0 Å². The second-order valence-corrected chi connectivity index (χ2v) is 9.12. The average Bonchev–Trinajstić information content (AvgIpc) is 2.88. The van der Waals surface area contributed by atoms with Crippen molar-refractivity contribution in [2.75, 3.05) is 26.8 Å². The molecule has 0 saturated carbocycles. The summed E-state index contributed by atoms with van der Waals surface area (Å²) in [7, 11) is 1.26. The van der Waals surface area contributed by atoms with Crippen LogP contribution in [0.15, 0.2) is 24.3 Å². The Morgan fingerprint density at radius 2 is 1.75 bits per heavy atom. The van der Waals surface area contributed by atoms with Gasteiger partial charge in [-0.15, -0.1) is 0 Å². The minimum Gasteiger partial charge on any atom is -0.466 e. The maximum Gasteiger partial charge on any atom is 0.337 e. The van der Waals surface area contributed by atoms with Crippen LogP contribution in [0.25, 0.3) is 0 Å². The lowest BCUT2D eigenvalue weighted by Crippen LogP contribution is -2.60. The predicted molar refractivity (Wildman–Crippen MR) is 140 cm³/mol. The molecule has 1 saturated heterocycles. The molecule has 1 fully saturated rings. The maximum absolute atomic E-state index is 12.7. The Morgan fingerprint density at radius 3 is 2.44 bits per heavy atom. The number of ether oxygens (including phenoxy) is 2. The van der Waals surface area contributed by atoms with Crippen molar-refractivity contribution in [3.8, 4) is 0 Å². The van der Waals surface area contributed by atoms with E-state index in [0.29, 0.717) is 19.7 Å². The summed E-state index contributed by atoms with van der Waals surface area (Å²) in [5, 5.41) is 5.35. The van der Waals surface area contributed by atoms with E-state index >= 15 is 0 Å². The van der Waals surface area contributed by atoms with Crippen molar-refractivity contribution in [3.05, 3.63) is 35.4 Å². The van der Waals surface area contributed by atoms with Crippen molar-refractivity contribution < 1.29 is 28.7 Å². The number of esters is 2. The number of amides is 2. The number of hydrogen-bond donors (Lipinski definition) is 2. The van der Waals surface area contributed by atoms with Crippen LogP contribution in [0, 0.1) is 0 Å². The summed E-state index contributed by atoms with van der Waals surface area (Å²) in [5.41, 5.74) is 0.438. The van der Waals surface area contributed by atoms with Crippen molar-refractivity contribution in [1.29, 1.82) is 0 Å². The predicted octanol–water partition coefficient (Wildman–Crippen LogP) is 3.36. The van der Waals surface area contributed by atoms with Crippen LogP contribution in [0.1, 0.15) is 85.4 Å². The van der Waals surface area contributed by atoms with Crippen molar-refractivity contribution >= 4 is 41.1 Å². The molecular formula is C26H37N3O6S. The first kappa shape index (κ1) is 29.2. The zero-order chi connectivity index (χ0) is 26.3. The van der Waals surface area contributed by atoms with E-state index in [1.165, 1.54) is 62.3 Å². The molecule has 36 heavy (non-hydrogen) atoms. The standard InChI is InChI=1S/C26H37N3O6S/c1-3-4-5-6-7-8-9-10-16-35-22(30)18-21-24(32)27-14-15-29(21)26(36)28-23(31)19-12-11-13-20(17-19)25(33)34-2/h11-13,17,21H,3-10,14-16,18H2,1-2H3,(H,27,32)(H,28,31,36). The summed E-state index contributed by atoms with van der Waals surface area (Å²) in [4.78, 5) is 50.9.